The van der Waals surface area contributed by atoms with Crippen LogP contribution in [0.5, 0.6) is 0 Å². The Bertz CT molecular complexity index is 521. The average Bonchev–Trinajstić information content (AvgIpc) is 3.15. The molecule has 1 aliphatic rings. The highest BCUT2D eigenvalue weighted by Crippen LogP contribution is 2.53. The standard InChI is InChI=1S/C16H23FN2O2/c1-15(2,3)21-14(20)19-10-16(7-8-16)13(18)11-5-4-6-12(17)9-11/h4-6,9,13H,7-8,10,18H2,1-3H3,(H,19,20). The van der Waals surface area contributed by atoms with Crippen molar-refractivity contribution in [3.05, 3.63) is 35.6 Å². The highest BCUT2D eigenvalue weighted by atomic mass is 19.1. The zero-order chi connectivity index (χ0) is 15.7. The van der Waals surface area contributed by atoms with E-state index in [2.05, 4.69) is 5.32 Å². The van der Waals surface area contributed by atoms with Gasteiger partial charge in [-0.3, -0.25) is 0 Å². The van der Waals surface area contributed by atoms with E-state index in [1.807, 2.05) is 26.8 Å². The third kappa shape index (κ3) is 4.17. The fraction of sp³-hybridized carbons (Fsp3) is 0.562. The first kappa shape index (κ1) is 15.8. The summed E-state index contributed by atoms with van der Waals surface area (Å²) in [6.07, 6.45) is 1.39. The molecule has 0 radical (unpaired) electrons. The summed E-state index contributed by atoms with van der Waals surface area (Å²) in [6.45, 7) is 5.90. The molecule has 3 N–H and O–H groups in total. The topological polar surface area (TPSA) is 64.3 Å². The van der Waals surface area contributed by atoms with Crippen molar-refractivity contribution >= 4 is 6.09 Å². The molecule has 0 aliphatic heterocycles. The number of ether oxygens (including phenoxy) is 1. The Morgan fingerprint density at radius 2 is 2.14 bits per heavy atom. The van der Waals surface area contributed by atoms with Crippen LogP contribution in [0.2, 0.25) is 0 Å². The summed E-state index contributed by atoms with van der Waals surface area (Å²) in [5.74, 6) is -0.293. The lowest BCUT2D eigenvalue weighted by atomic mass is 9.90. The Hall–Kier alpha value is -1.62. The summed E-state index contributed by atoms with van der Waals surface area (Å²) in [4.78, 5) is 11.7. The molecule has 0 spiro atoms. The van der Waals surface area contributed by atoms with Crippen LogP contribution in [0, 0.1) is 11.2 Å². The van der Waals surface area contributed by atoms with E-state index in [0.717, 1.165) is 18.4 Å². The quantitative estimate of drug-likeness (QED) is 0.896. The number of carbonyl (C=O) groups excluding carboxylic acids is 1. The lowest BCUT2D eigenvalue weighted by molar-refractivity contribution is 0.0513. The molecule has 116 valence electrons. The van der Waals surface area contributed by atoms with E-state index in [-0.39, 0.29) is 17.3 Å². The monoisotopic (exact) mass is 294 g/mol. The summed E-state index contributed by atoms with van der Waals surface area (Å²) in [5, 5.41) is 2.77. The van der Waals surface area contributed by atoms with Crippen LogP contribution in [0.3, 0.4) is 0 Å². The van der Waals surface area contributed by atoms with Crippen LogP contribution in [-0.2, 0) is 4.74 Å². The molecule has 21 heavy (non-hydrogen) atoms. The predicted molar refractivity (Wildman–Crippen MR) is 79.2 cm³/mol. The molecule has 0 saturated heterocycles. The van der Waals surface area contributed by atoms with Crippen molar-refractivity contribution in [3.8, 4) is 0 Å². The van der Waals surface area contributed by atoms with Gasteiger partial charge in [0.05, 0.1) is 0 Å². The molecule has 5 heteroatoms. The minimum Gasteiger partial charge on any atom is -0.444 e. The van der Waals surface area contributed by atoms with E-state index in [9.17, 15) is 9.18 Å². The van der Waals surface area contributed by atoms with Gasteiger partial charge in [-0.25, -0.2) is 9.18 Å². The Morgan fingerprint density at radius 1 is 1.48 bits per heavy atom. The largest absolute Gasteiger partial charge is 0.444 e. The number of halogens is 1. The van der Waals surface area contributed by atoms with E-state index >= 15 is 0 Å². The van der Waals surface area contributed by atoms with Crippen LogP contribution in [0.25, 0.3) is 0 Å². The maximum Gasteiger partial charge on any atom is 0.407 e. The number of nitrogens with two attached hydrogens (primary N) is 1. The smallest absolute Gasteiger partial charge is 0.407 e. The van der Waals surface area contributed by atoms with Gasteiger partial charge in [0.15, 0.2) is 0 Å². The van der Waals surface area contributed by atoms with E-state index in [1.165, 1.54) is 12.1 Å². The maximum atomic E-state index is 13.3. The fourth-order valence-corrected chi connectivity index (χ4v) is 2.37. The molecule has 4 nitrogen and oxygen atoms in total. The molecular formula is C16H23FN2O2. The molecule has 0 aromatic heterocycles. The second kappa shape index (κ2) is 5.64. The molecule has 1 saturated carbocycles. The number of alkyl carbamates (subject to hydrolysis) is 1. The highest BCUT2D eigenvalue weighted by Gasteiger charge is 2.48. The molecule has 2 rings (SSSR count). The molecule has 0 heterocycles. The molecule has 1 unspecified atom stereocenters. The molecule has 0 bridgehead atoms. The first-order valence-electron chi connectivity index (χ1n) is 7.20. The molecule has 1 aromatic rings. The molecular weight excluding hydrogens is 271 g/mol. The van der Waals surface area contributed by atoms with Crippen LogP contribution in [0.1, 0.15) is 45.2 Å². The first-order chi connectivity index (χ1) is 9.72. The van der Waals surface area contributed by atoms with Crippen LogP contribution >= 0.6 is 0 Å². The van der Waals surface area contributed by atoms with Gasteiger partial charge in [0.25, 0.3) is 0 Å². The highest BCUT2D eigenvalue weighted by molar-refractivity contribution is 5.67. The molecule has 1 atom stereocenters. The fourth-order valence-electron chi connectivity index (χ4n) is 2.37. The number of rotatable bonds is 4. The Labute approximate surface area is 124 Å². The van der Waals surface area contributed by atoms with Gasteiger partial charge in [-0.15, -0.1) is 0 Å². The Balaban J connectivity index is 1.95. The van der Waals surface area contributed by atoms with Gasteiger partial charge < -0.3 is 15.8 Å². The lowest BCUT2D eigenvalue weighted by Gasteiger charge is -2.25. The van der Waals surface area contributed by atoms with Gasteiger partial charge in [-0.2, -0.15) is 0 Å². The van der Waals surface area contributed by atoms with Gasteiger partial charge in [-0.1, -0.05) is 12.1 Å². The molecule has 1 amide bonds. The van der Waals surface area contributed by atoms with E-state index in [0.29, 0.717) is 6.54 Å². The van der Waals surface area contributed by atoms with Gasteiger partial charge in [0, 0.05) is 18.0 Å². The van der Waals surface area contributed by atoms with Gasteiger partial charge >= 0.3 is 6.09 Å². The normalized spacial score (nSPS) is 18.0. The zero-order valence-electron chi connectivity index (χ0n) is 12.8. The number of carbonyl (C=O) groups is 1. The Kier molecular flexibility index (Phi) is 4.23. The van der Waals surface area contributed by atoms with E-state index < -0.39 is 11.7 Å². The summed E-state index contributed by atoms with van der Waals surface area (Å²) < 4.78 is 18.5. The van der Waals surface area contributed by atoms with Crippen molar-refractivity contribution in [1.82, 2.24) is 5.32 Å². The maximum absolute atomic E-state index is 13.3. The van der Waals surface area contributed by atoms with Gasteiger partial charge in [0.2, 0.25) is 0 Å². The zero-order valence-corrected chi connectivity index (χ0v) is 12.8. The van der Waals surface area contributed by atoms with Crippen molar-refractivity contribution < 1.29 is 13.9 Å². The third-order valence-corrected chi connectivity index (χ3v) is 3.74. The number of nitrogens with one attached hydrogen (secondary N) is 1. The minimum atomic E-state index is -0.522. The van der Waals surface area contributed by atoms with Gasteiger partial charge in [0.1, 0.15) is 11.4 Å². The number of benzene rings is 1. The van der Waals surface area contributed by atoms with Crippen LogP contribution in [0.15, 0.2) is 24.3 Å². The summed E-state index contributed by atoms with van der Waals surface area (Å²) in [7, 11) is 0. The molecule has 1 aromatic carbocycles. The second-order valence-electron chi connectivity index (χ2n) is 6.75. The second-order valence-corrected chi connectivity index (χ2v) is 6.75. The summed E-state index contributed by atoms with van der Waals surface area (Å²) >= 11 is 0. The van der Waals surface area contributed by atoms with Crippen molar-refractivity contribution in [2.24, 2.45) is 11.1 Å². The van der Waals surface area contributed by atoms with Crippen molar-refractivity contribution in [3.63, 3.8) is 0 Å². The van der Waals surface area contributed by atoms with Crippen LogP contribution < -0.4 is 11.1 Å². The SMILES string of the molecule is CC(C)(C)OC(=O)NCC1(C(N)c2cccc(F)c2)CC1. The van der Waals surface area contributed by atoms with Crippen molar-refractivity contribution in [2.45, 2.75) is 45.3 Å². The minimum absolute atomic E-state index is 0.190. The lowest BCUT2D eigenvalue weighted by Crippen LogP contribution is -2.39. The predicted octanol–water partition coefficient (Wildman–Crippen LogP) is 3.13. The average molecular weight is 294 g/mol. The Morgan fingerprint density at radius 3 is 2.67 bits per heavy atom. The van der Waals surface area contributed by atoms with Crippen molar-refractivity contribution in [1.29, 1.82) is 0 Å². The van der Waals surface area contributed by atoms with Crippen LogP contribution in [0.4, 0.5) is 9.18 Å². The van der Waals surface area contributed by atoms with Crippen LogP contribution in [-0.4, -0.2) is 18.2 Å². The first-order valence-corrected chi connectivity index (χ1v) is 7.20. The van der Waals surface area contributed by atoms with Crippen molar-refractivity contribution in [2.75, 3.05) is 6.54 Å². The summed E-state index contributed by atoms with van der Waals surface area (Å²) in [6, 6.07) is 6.04. The number of hydrogen-bond donors (Lipinski definition) is 2. The molecule has 1 aliphatic carbocycles. The third-order valence-electron chi connectivity index (χ3n) is 3.74. The van der Waals surface area contributed by atoms with Gasteiger partial charge in [-0.05, 0) is 51.3 Å². The van der Waals surface area contributed by atoms with E-state index in [1.54, 1.807) is 6.07 Å². The van der Waals surface area contributed by atoms with E-state index in [4.69, 9.17) is 10.5 Å². The summed E-state index contributed by atoms with van der Waals surface area (Å²) in [5.41, 5.74) is 6.31. The number of amides is 1. The number of hydrogen-bond acceptors (Lipinski definition) is 3. The molecule has 1 fully saturated rings.